The van der Waals surface area contributed by atoms with E-state index in [0.717, 1.165) is 37.3 Å². The quantitative estimate of drug-likeness (QED) is 0.594. The highest BCUT2D eigenvalue weighted by atomic mass is 35.5. The number of alkyl halides is 2. The molecule has 1 amide bonds. The van der Waals surface area contributed by atoms with Crippen LogP contribution in [-0.2, 0) is 11.2 Å². The van der Waals surface area contributed by atoms with Gasteiger partial charge < -0.3 is 10.2 Å². The van der Waals surface area contributed by atoms with Crippen molar-refractivity contribution >= 4 is 40.5 Å². The fraction of sp³-hybridized carbons (Fsp3) is 0.350. The smallest absolute Gasteiger partial charge is 0.224 e. The lowest BCUT2D eigenvalue weighted by Crippen LogP contribution is -2.27. The molecule has 25 heavy (non-hydrogen) atoms. The van der Waals surface area contributed by atoms with Crippen LogP contribution in [0.3, 0.4) is 0 Å². The topological polar surface area (TPSA) is 32.3 Å². The molecule has 0 fully saturated rings. The van der Waals surface area contributed by atoms with Crippen molar-refractivity contribution in [3.05, 3.63) is 60.2 Å². The lowest BCUT2D eigenvalue weighted by molar-refractivity contribution is -0.116. The average Bonchev–Trinajstić information content (AvgIpc) is 2.63. The highest BCUT2D eigenvalue weighted by Gasteiger charge is 2.06. The molecule has 0 aliphatic rings. The van der Waals surface area contributed by atoms with Gasteiger partial charge in [0.05, 0.1) is 0 Å². The second-order valence-electron chi connectivity index (χ2n) is 5.80. The van der Waals surface area contributed by atoms with E-state index in [2.05, 4.69) is 34.5 Å². The molecule has 134 valence electrons. The molecule has 0 atom stereocenters. The lowest BCUT2D eigenvalue weighted by Gasteiger charge is -2.23. The highest BCUT2D eigenvalue weighted by Crippen LogP contribution is 2.17. The van der Waals surface area contributed by atoms with Gasteiger partial charge in [-0.3, -0.25) is 4.79 Å². The molecule has 0 saturated heterocycles. The molecule has 0 aliphatic carbocycles. The molecule has 5 heteroatoms. The van der Waals surface area contributed by atoms with Crippen LogP contribution in [-0.4, -0.2) is 30.8 Å². The Morgan fingerprint density at radius 1 is 0.920 bits per heavy atom. The van der Waals surface area contributed by atoms with Crippen molar-refractivity contribution in [2.75, 3.05) is 35.1 Å². The molecule has 0 heterocycles. The Morgan fingerprint density at radius 2 is 1.56 bits per heavy atom. The molecule has 0 aromatic heterocycles. The third-order valence-corrected chi connectivity index (χ3v) is 4.28. The van der Waals surface area contributed by atoms with E-state index in [0.29, 0.717) is 18.2 Å². The Morgan fingerprint density at radius 3 is 2.16 bits per heavy atom. The molecule has 1 N–H and O–H groups in total. The van der Waals surface area contributed by atoms with Gasteiger partial charge in [0.1, 0.15) is 0 Å². The monoisotopic (exact) mass is 378 g/mol. The van der Waals surface area contributed by atoms with Crippen LogP contribution in [0.4, 0.5) is 11.4 Å². The number of carbonyl (C=O) groups is 1. The predicted molar refractivity (Wildman–Crippen MR) is 108 cm³/mol. The molecule has 2 aromatic carbocycles. The lowest BCUT2D eigenvalue weighted by atomic mass is 10.1. The summed E-state index contributed by atoms with van der Waals surface area (Å²) in [4.78, 5) is 14.1. The minimum Gasteiger partial charge on any atom is -0.369 e. The van der Waals surface area contributed by atoms with Crippen molar-refractivity contribution < 1.29 is 4.79 Å². The summed E-state index contributed by atoms with van der Waals surface area (Å²) in [5.74, 6) is 1.21. The van der Waals surface area contributed by atoms with E-state index in [-0.39, 0.29) is 5.91 Å². The third kappa shape index (κ3) is 6.97. The van der Waals surface area contributed by atoms with Crippen molar-refractivity contribution in [2.24, 2.45) is 0 Å². The van der Waals surface area contributed by atoms with Crippen LogP contribution in [0, 0.1) is 0 Å². The van der Waals surface area contributed by atoms with Crippen LogP contribution < -0.4 is 10.2 Å². The van der Waals surface area contributed by atoms with E-state index in [1.54, 1.807) is 0 Å². The van der Waals surface area contributed by atoms with E-state index in [1.165, 1.54) is 5.56 Å². The molecule has 2 rings (SSSR count). The van der Waals surface area contributed by atoms with Crippen LogP contribution in [0.25, 0.3) is 0 Å². The van der Waals surface area contributed by atoms with Gasteiger partial charge in [-0.05, 0) is 42.7 Å². The van der Waals surface area contributed by atoms with E-state index in [9.17, 15) is 4.79 Å². The summed E-state index contributed by atoms with van der Waals surface area (Å²) in [5, 5.41) is 2.91. The summed E-state index contributed by atoms with van der Waals surface area (Å²) in [6, 6.07) is 18.0. The Hall–Kier alpha value is -1.71. The van der Waals surface area contributed by atoms with Crippen molar-refractivity contribution in [1.82, 2.24) is 0 Å². The van der Waals surface area contributed by atoms with Crippen LogP contribution in [0.5, 0.6) is 0 Å². The number of nitrogens with one attached hydrogen (secondary N) is 1. The summed E-state index contributed by atoms with van der Waals surface area (Å²) in [6.07, 6.45) is 2.22. The van der Waals surface area contributed by atoms with Gasteiger partial charge in [0.15, 0.2) is 0 Å². The van der Waals surface area contributed by atoms with Gasteiger partial charge in [-0.2, -0.15) is 0 Å². The molecular weight excluding hydrogens is 355 g/mol. The number of benzene rings is 2. The zero-order chi connectivity index (χ0) is 17.9. The predicted octanol–water partition coefficient (Wildman–Crippen LogP) is 4.93. The van der Waals surface area contributed by atoms with E-state index < -0.39 is 0 Å². The first-order chi connectivity index (χ1) is 12.2. The third-order valence-electron chi connectivity index (χ3n) is 3.94. The number of aryl methyl sites for hydroxylation is 1. The van der Waals surface area contributed by atoms with Gasteiger partial charge in [0.2, 0.25) is 5.91 Å². The van der Waals surface area contributed by atoms with Crippen molar-refractivity contribution in [1.29, 1.82) is 0 Å². The van der Waals surface area contributed by atoms with Gasteiger partial charge in [0, 0.05) is 42.6 Å². The molecule has 0 bridgehead atoms. The number of para-hydroxylation sites is 1. The number of halogens is 2. The summed E-state index contributed by atoms with van der Waals surface area (Å²) < 4.78 is 0. The molecular formula is C20H24Cl2N2O. The van der Waals surface area contributed by atoms with Gasteiger partial charge in [-0.1, -0.05) is 30.3 Å². The van der Waals surface area contributed by atoms with Crippen LogP contribution in [0.15, 0.2) is 54.6 Å². The minimum atomic E-state index is 0.0539. The zero-order valence-corrected chi connectivity index (χ0v) is 15.8. The number of rotatable bonds is 10. The molecule has 0 saturated carbocycles. The van der Waals surface area contributed by atoms with Crippen LogP contribution in [0.2, 0.25) is 0 Å². The largest absolute Gasteiger partial charge is 0.369 e. The molecule has 0 spiro atoms. The number of anilines is 2. The first kappa shape index (κ1) is 19.6. The van der Waals surface area contributed by atoms with E-state index in [4.69, 9.17) is 23.2 Å². The van der Waals surface area contributed by atoms with Crippen molar-refractivity contribution in [3.63, 3.8) is 0 Å². The number of nitrogens with zero attached hydrogens (tertiary/aromatic N) is 1. The number of carbonyl (C=O) groups excluding carboxylic acids is 1. The molecule has 3 nitrogen and oxygen atoms in total. The minimum absolute atomic E-state index is 0.0539. The van der Waals surface area contributed by atoms with Crippen LogP contribution >= 0.6 is 23.2 Å². The van der Waals surface area contributed by atoms with Gasteiger partial charge in [-0.25, -0.2) is 0 Å². The summed E-state index contributed by atoms with van der Waals surface area (Å²) in [5.41, 5.74) is 3.20. The van der Waals surface area contributed by atoms with E-state index >= 15 is 0 Å². The second kappa shape index (κ2) is 11.0. The zero-order valence-electron chi connectivity index (χ0n) is 14.3. The first-order valence-electron chi connectivity index (χ1n) is 8.53. The van der Waals surface area contributed by atoms with Crippen molar-refractivity contribution in [2.45, 2.75) is 19.3 Å². The number of hydrogen-bond acceptors (Lipinski definition) is 2. The first-order valence-corrected chi connectivity index (χ1v) is 9.60. The Labute approximate surface area is 159 Å². The fourth-order valence-corrected chi connectivity index (χ4v) is 3.05. The molecule has 2 aromatic rings. The Kier molecular flexibility index (Phi) is 8.64. The molecule has 0 aliphatic heterocycles. The Balaban J connectivity index is 1.78. The van der Waals surface area contributed by atoms with Gasteiger partial charge >= 0.3 is 0 Å². The SMILES string of the molecule is O=C(CCCc1ccc(N(CCCl)CCCl)cc1)Nc1ccccc1. The maximum absolute atomic E-state index is 11.9. The normalized spacial score (nSPS) is 10.5. The summed E-state index contributed by atoms with van der Waals surface area (Å²) in [7, 11) is 0. The number of hydrogen-bond donors (Lipinski definition) is 1. The second-order valence-corrected chi connectivity index (χ2v) is 6.56. The fourth-order valence-electron chi connectivity index (χ4n) is 2.65. The van der Waals surface area contributed by atoms with Gasteiger partial charge in [0.25, 0.3) is 0 Å². The number of amides is 1. The Bertz CT molecular complexity index is 626. The maximum Gasteiger partial charge on any atom is 0.224 e. The summed E-state index contributed by atoms with van der Waals surface area (Å²) in [6.45, 7) is 1.57. The van der Waals surface area contributed by atoms with E-state index in [1.807, 2.05) is 30.3 Å². The molecule has 0 unspecified atom stereocenters. The highest BCUT2D eigenvalue weighted by molar-refractivity contribution is 6.18. The average molecular weight is 379 g/mol. The van der Waals surface area contributed by atoms with Crippen molar-refractivity contribution in [3.8, 4) is 0 Å². The standard InChI is InChI=1S/C20H24Cl2N2O/c21-13-15-24(16-14-22)19-11-9-17(10-12-19)5-4-8-20(25)23-18-6-2-1-3-7-18/h1-3,6-7,9-12H,4-5,8,13-16H2,(H,23,25). The van der Waals surface area contributed by atoms with Crippen LogP contribution in [0.1, 0.15) is 18.4 Å². The van der Waals surface area contributed by atoms with Gasteiger partial charge in [-0.15, -0.1) is 23.2 Å². The summed E-state index contributed by atoms with van der Waals surface area (Å²) >= 11 is 11.7. The maximum atomic E-state index is 11.9. The molecule has 0 radical (unpaired) electrons.